The van der Waals surface area contributed by atoms with Gasteiger partial charge in [-0.25, -0.2) is 0 Å². The number of thiophene rings is 1. The summed E-state index contributed by atoms with van der Waals surface area (Å²) >= 11 is 7.63. The van der Waals surface area contributed by atoms with Gasteiger partial charge in [0, 0.05) is 15.5 Å². The van der Waals surface area contributed by atoms with Crippen LogP contribution in [0.3, 0.4) is 0 Å². The second kappa shape index (κ2) is 9.06. The minimum atomic E-state index is -0.850. The van der Waals surface area contributed by atoms with Gasteiger partial charge in [0.05, 0.1) is 37.9 Å². The van der Waals surface area contributed by atoms with Crippen LogP contribution in [0.2, 0.25) is 5.02 Å². The van der Waals surface area contributed by atoms with E-state index in [0.29, 0.717) is 22.1 Å². The minimum Gasteiger partial charge on any atom is -0.507 e. The van der Waals surface area contributed by atoms with Gasteiger partial charge in [-0.1, -0.05) is 35.9 Å². The number of halogens is 1. The van der Waals surface area contributed by atoms with Crippen molar-refractivity contribution in [3.8, 4) is 11.5 Å². The third kappa shape index (κ3) is 3.85. The molecule has 2 aromatic carbocycles. The SMILES string of the molecule is COc1ccc(Cl)cc1/C(O)=C1\C(=O)C(=O)N(Cc2cccs2)C1c1ccccc1OC. The molecule has 4 rings (SSSR count). The molecule has 32 heavy (non-hydrogen) atoms. The molecule has 1 aliphatic heterocycles. The molecule has 0 saturated carbocycles. The maximum atomic E-state index is 13.2. The van der Waals surface area contributed by atoms with Crippen molar-refractivity contribution < 1.29 is 24.2 Å². The van der Waals surface area contributed by atoms with Crippen LogP contribution in [0.15, 0.2) is 65.6 Å². The van der Waals surface area contributed by atoms with Crippen LogP contribution in [-0.4, -0.2) is 35.9 Å². The Morgan fingerprint density at radius 1 is 1.06 bits per heavy atom. The molecule has 0 bridgehead atoms. The lowest BCUT2D eigenvalue weighted by Crippen LogP contribution is -2.29. The zero-order chi connectivity index (χ0) is 22.8. The average molecular weight is 470 g/mol. The number of methoxy groups -OCH3 is 2. The van der Waals surface area contributed by atoms with Gasteiger partial charge in [-0.05, 0) is 35.7 Å². The fraction of sp³-hybridized carbons (Fsp3) is 0.167. The number of aliphatic hydroxyl groups is 1. The van der Waals surface area contributed by atoms with E-state index >= 15 is 0 Å². The second-order valence-electron chi connectivity index (χ2n) is 7.09. The molecule has 1 atom stereocenters. The predicted octanol–water partition coefficient (Wildman–Crippen LogP) is 5.04. The second-order valence-corrected chi connectivity index (χ2v) is 8.56. The van der Waals surface area contributed by atoms with Crippen LogP contribution < -0.4 is 9.47 Å². The summed E-state index contributed by atoms with van der Waals surface area (Å²) in [7, 11) is 2.97. The number of carbonyl (C=O) groups excluding carboxylic acids is 2. The van der Waals surface area contributed by atoms with Gasteiger partial charge in [-0.15, -0.1) is 11.3 Å². The minimum absolute atomic E-state index is 0.0448. The molecule has 0 spiro atoms. The number of ketones is 1. The summed E-state index contributed by atoms with van der Waals surface area (Å²) < 4.78 is 10.9. The monoisotopic (exact) mass is 469 g/mol. The van der Waals surface area contributed by atoms with Crippen LogP contribution in [0.1, 0.15) is 22.0 Å². The van der Waals surface area contributed by atoms with Crippen LogP contribution in [0, 0.1) is 0 Å². The highest BCUT2D eigenvalue weighted by molar-refractivity contribution is 7.09. The van der Waals surface area contributed by atoms with Crippen molar-refractivity contribution >= 4 is 40.4 Å². The molecule has 1 aromatic heterocycles. The normalized spacial score (nSPS) is 17.6. The lowest BCUT2D eigenvalue weighted by molar-refractivity contribution is -0.140. The molecule has 1 fully saturated rings. The Balaban J connectivity index is 1.95. The number of hydrogen-bond acceptors (Lipinski definition) is 6. The van der Waals surface area contributed by atoms with E-state index in [2.05, 4.69) is 0 Å². The van der Waals surface area contributed by atoms with Crippen molar-refractivity contribution in [1.82, 2.24) is 4.90 Å². The Labute approximate surface area is 194 Å². The van der Waals surface area contributed by atoms with Crippen LogP contribution in [0.4, 0.5) is 0 Å². The molecule has 1 saturated heterocycles. The number of aliphatic hydroxyl groups excluding tert-OH is 1. The number of para-hydroxylation sites is 1. The Morgan fingerprint density at radius 2 is 1.81 bits per heavy atom. The van der Waals surface area contributed by atoms with Crippen molar-refractivity contribution in [3.63, 3.8) is 0 Å². The molecule has 164 valence electrons. The number of likely N-dealkylation sites (tertiary alicyclic amines) is 1. The summed E-state index contributed by atoms with van der Waals surface area (Å²) in [5.74, 6) is -1.00. The van der Waals surface area contributed by atoms with Crippen molar-refractivity contribution in [3.05, 3.63) is 86.6 Å². The van der Waals surface area contributed by atoms with E-state index in [4.69, 9.17) is 21.1 Å². The summed E-state index contributed by atoms with van der Waals surface area (Å²) in [6.45, 7) is 0.217. The molecule has 1 aliphatic rings. The highest BCUT2D eigenvalue weighted by atomic mass is 35.5. The molecule has 0 aliphatic carbocycles. The highest BCUT2D eigenvalue weighted by Gasteiger charge is 2.47. The largest absolute Gasteiger partial charge is 0.507 e. The highest BCUT2D eigenvalue weighted by Crippen LogP contribution is 2.44. The van der Waals surface area contributed by atoms with Crippen molar-refractivity contribution in [2.24, 2.45) is 0 Å². The Kier molecular flexibility index (Phi) is 6.21. The third-order valence-electron chi connectivity index (χ3n) is 5.30. The van der Waals surface area contributed by atoms with Gasteiger partial charge < -0.3 is 19.5 Å². The Hall–Kier alpha value is -3.29. The lowest BCUT2D eigenvalue weighted by atomic mass is 9.94. The van der Waals surface area contributed by atoms with Gasteiger partial charge in [0.25, 0.3) is 11.7 Å². The number of hydrogen-bond donors (Lipinski definition) is 1. The standard InChI is InChI=1S/C24H20ClNO5S/c1-30-18-8-4-3-7-16(18)21-20(22(27)17-12-14(25)9-10-19(17)31-2)23(28)24(29)26(21)13-15-6-5-11-32-15/h3-12,21,27H,13H2,1-2H3/b22-20+. The van der Waals surface area contributed by atoms with Crippen LogP contribution in [0.25, 0.3) is 5.76 Å². The van der Waals surface area contributed by atoms with Gasteiger partial charge in [0.1, 0.15) is 17.3 Å². The number of benzene rings is 2. The molecule has 0 radical (unpaired) electrons. The predicted molar refractivity (Wildman–Crippen MR) is 123 cm³/mol. The molecule has 1 unspecified atom stereocenters. The summed E-state index contributed by atoms with van der Waals surface area (Å²) in [6, 6.07) is 14.8. The van der Waals surface area contributed by atoms with Crippen molar-refractivity contribution in [2.45, 2.75) is 12.6 Å². The van der Waals surface area contributed by atoms with Gasteiger partial charge in [0.2, 0.25) is 0 Å². The first-order valence-electron chi connectivity index (χ1n) is 9.74. The first-order valence-corrected chi connectivity index (χ1v) is 11.0. The molecule has 1 N–H and O–H groups in total. The molecule has 8 heteroatoms. The van der Waals surface area contributed by atoms with E-state index in [1.54, 1.807) is 36.4 Å². The summed E-state index contributed by atoms with van der Waals surface area (Å²) in [6.07, 6.45) is 0. The first-order chi connectivity index (χ1) is 15.5. The summed E-state index contributed by atoms with van der Waals surface area (Å²) in [5, 5.41) is 13.5. The molecule has 3 aromatic rings. The van der Waals surface area contributed by atoms with Crippen LogP contribution in [0.5, 0.6) is 11.5 Å². The molecule has 2 heterocycles. The topological polar surface area (TPSA) is 76.1 Å². The van der Waals surface area contributed by atoms with Crippen molar-refractivity contribution in [1.29, 1.82) is 0 Å². The summed E-state index contributed by atoms with van der Waals surface area (Å²) in [5.41, 5.74) is 0.777. The average Bonchev–Trinajstić information content (AvgIpc) is 3.41. The quantitative estimate of drug-likeness (QED) is 0.311. The number of amides is 1. The zero-order valence-electron chi connectivity index (χ0n) is 17.4. The Morgan fingerprint density at radius 3 is 2.50 bits per heavy atom. The number of rotatable bonds is 6. The van der Waals surface area contributed by atoms with Crippen LogP contribution >= 0.6 is 22.9 Å². The number of carbonyl (C=O) groups is 2. The number of nitrogens with zero attached hydrogens (tertiary/aromatic N) is 1. The Bertz CT molecular complexity index is 1200. The summed E-state index contributed by atoms with van der Waals surface area (Å²) in [4.78, 5) is 28.7. The van der Waals surface area contributed by atoms with E-state index in [9.17, 15) is 14.7 Å². The molecule has 1 amide bonds. The van der Waals surface area contributed by atoms with E-state index < -0.39 is 17.7 Å². The third-order valence-corrected chi connectivity index (χ3v) is 6.39. The van der Waals surface area contributed by atoms with E-state index in [0.717, 1.165) is 4.88 Å². The van der Waals surface area contributed by atoms with Gasteiger partial charge in [0.15, 0.2) is 0 Å². The number of ether oxygens (including phenoxy) is 2. The maximum Gasteiger partial charge on any atom is 0.295 e. The molecular formula is C24H20ClNO5S. The van der Waals surface area contributed by atoms with Crippen LogP contribution in [-0.2, 0) is 16.1 Å². The smallest absolute Gasteiger partial charge is 0.295 e. The molecular weight excluding hydrogens is 450 g/mol. The van der Waals surface area contributed by atoms with Gasteiger partial charge >= 0.3 is 0 Å². The number of Topliss-reactive ketones (excluding diaryl/α,β-unsaturated/α-hetero) is 1. The fourth-order valence-electron chi connectivity index (χ4n) is 3.84. The van der Waals surface area contributed by atoms with E-state index in [-0.39, 0.29) is 23.4 Å². The lowest BCUT2D eigenvalue weighted by Gasteiger charge is -2.26. The maximum absolute atomic E-state index is 13.2. The van der Waals surface area contributed by atoms with Crippen molar-refractivity contribution in [2.75, 3.05) is 14.2 Å². The van der Waals surface area contributed by atoms with E-state index in [1.807, 2.05) is 17.5 Å². The van der Waals surface area contributed by atoms with Gasteiger partial charge in [-0.3, -0.25) is 9.59 Å². The first kappa shape index (κ1) is 21.9. The van der Waals surface area contributed by atoms with Gasteiger partial charge in [-0.2, -0.15) is 0 Å². The molecule has 6 nitrogen and oxygen atoms in total. The fourth-order valence-corrected chi connectivity index (χ4v) is 4.71. The zero-order valence-corrected chi connectivity index (χ0v) is 18.9. The van der Waals surface area contributed by atoms with E-state index in [1.165, 1.54) is 36.5 Å².